The predicted octanol–water partition coefficient (Wildman–Crippen LogP) is 4.01. The molecule has 0 aliphatic carbocycles. The summed E-state index contributed by atoms with van der Waals surface area (Å²) >= 11 is 1.89. The number of thioether (sulfide) groups is 1. The summed E-state index contributed by atoms with van der Waals surface area (Å²) in [5.41, 5.74) is 1.17. The van der Waals surface area contributed by atoms with Crippen molar-refractivity contribution in [1.29, 1.82) is 0 Å². The van der Waals surface area contributed by atoms with Crippen molar-refractivity contribution in [1.82, 2.24) is 0 Å². The van der Waals surface area contributed by atoms with Crippen molar-refractivity contribution in [2.75, 3.05) is 5.75 Å². The number of hydrogen-bond donors (Lipinski definition) is 0. The highest BCUT2D eigenvalue weighted by Gasteiger charge is 2.15. The van der Waals surface area contributed by atoms with Crippen LogP contribution >= 0.6 is 11.8 Å². The van der Waals surface area contributed by atoms with Gasteiger partial charge in [-0.3, -0.25) is 0 Å². The van der Waals surface area contributed by atoms with Crippen molar-refractivity contribution in [2.45, 2.75) is 43.8 Å². The molecular formula is C14H21NOS2. The lowest BCUT2D eigenvalue weighted by atomic mass is 10.1. The Morgan fingerprint density at radius 3 is 2.50 bits per heavy atom. The SMILES string of the molecule is CCSC(C)(C)CC=NS(=O)c1ccc(C)cc1. The van der Waals surface area contributed by atoms with E-state index in [2.05, 4.69) is 25.2 Å². The average molecular weight is 283 g/mol. The first-order chi connectivity index (χ1) is 8.44. The van der Waals surface area contributed by atoms with Crippen molar-refractivity contribution in [3.63, 3.8) is 0 Å². The topological polar surface area (TPSA) is 29.4 Å². The minimum Gasteiger partial charge on any atom is -0.230 e. The molecule has 0 aliphatic rings. The van der Waals surface area contributed by atoms with E-state index in [-0.39, 0.29) is 4.75 Å². The summed E-state index contributed by atoms with van der Waals surface area (Å²) in [6, 6.07) is 7.66. The van der Waals surface area contributed by atoms with Gasteiger partial charge in [-0.05, 0) is 31.2 Å². The van der Waals surface area contributed by atoms with Crippen molar-refractivity contribution in [3.8, 4) is 0 Å². The first-order valence-electron chi connectivity index (χ1n) is 6.09. The van der Waals surface area contributed by atoms with Crippen LogP contribution in [-0.4, -0.2) is 20.9 Å². The number of nitrogens with zero attached hydrogens (tertiary/aromatic N) is 1. The summed E-state index contributed by atoms with van der Waals surface area (Å²) in [4.78, 5) is 0.762. The van der Waals surface area contributed by atoms with Crippen LogP contribution in [0.4, 0.5) is 0 Å². The molecule has 100 valence electrons. The highest BCUT2D eigenvalue weighted by Crippen LogP contribution is 2.26. The van der Waals surface area contributed by atoms with Crippen LogP contribution in [0.3, 0.4) is 0 Å². The van der Waals surface area contributed by atoms with E-state index in [4.69, 9.17) is 0 Å². The van der Waals surface area contributed by atoms with E-state index < -0.39 is 11.0 Å². The van der Waals surface area contributed by atoms with E-state index >= 15 is 0 Å². The molecule has 0 saturated heterocycles. The molecular weight excluding hydrogens is 262 g/mol. The van der Waals surface area contributed by atoms with Crippen LogP contribution in [0.25, 0.3) is 0 Å². The summed E-state index contributed by atoms with van der Waals surface area (Å²) in [7, 11) is -1.27. The number of hydrogen-bond acceptors (Lipinski definition) is 2. The molecule has 0 heterocycles. The number of aryl methyl sites for hydroxylation is 1. The van der Waals surface area contributed by atoms with Crippen LogP contribution in [0.2, 0.25) is 0 Å². The second-order valence-corrected chi connectivity index (χ2v) is 7.90. The minimum absolute atomic E-state index is 0.162. The first-order valence-corrected chi connectivity index (χ1v) is 8.19. The van der Waals surface area contributed by atoms with Crippen molar-refractivity contribution in [2.24, 2.45) is 4.40 Å². The van der Waals surface area contributed by atoms with E-state index in [0.717, 1.165) is 17.1 Å². The summed E-state index contributed by atoms with van der Waals surface area (Å²) in [6.07, 6.45) is 2.63. The van der Waals surface area contributed by atoms with E-state index in [1.165, 1.54) is 5.56 Å². The fourth-order valence-electron chi connectivity index (χ4n) is 1.49. The van der Waals surface area contributed by atoms with Crippen LogP contribution in [0.1, 0.15) is 32.8 Å². The first kappa shape index (κ1) is 15.4. The molecule has 18 heavy (non-hydrogen) atoms. The maximum atomic E-state index is 11.9. The summed E-state index contributed by atoms with van der Waals surface area (Å²) in [6.45, 7) is 8.53. The van der Waals surface area contributed by atoms with Crippen LogP contribution in [0, 0.1) is 6.92 Å². The lowest BCUT2D eigenvalue weighted by Gasteiger charge is -2.20. The van der Waals surface area contributed by atoms with Gasteiger partial charge in [0.15, 0.2) is 11.0 Å². The quantitative estimate of drug-likeness (QED) is 0.738. The molecule has 1 atom stereocenters. The molecule has 0 amide bonds. The van der Waals surface area contributed by atoms with Crippen molar-refractivity contribution in [3.05, 3.63) is 29.8 Å². The van der Waals surface area contributed by atoms with Crippen LogP contribution in [0.5, 0.6) is 0 Å². The Balaban J connectivity index is 2.57. The molecule has 4 heteroatoms. The molecule has 0 bridgehead atoms. The van der Waals surface area contributed by atoms with Gasteiger partial charge in [0.25, 0.3) is 0 Å². The van der Waals surface area contributed by atoms with E-state index in [0.29, 0.717) is 0 Å². The third-order valence-corrected chi connectivity index (χ3v) is 4.76. The van der Waals surface area contributed by atoms with Gasteiger partial charge in [-0.25, -0.2) is 4.21 Å². The second kappa shape index (κ2) is 7.10. The zero-order valence-electron chi connectivity index (χ0n) is 11.5. The zero-order chi connectivity index (χ0) is 13.6. The summed E-state index contributed by atoms with van der Waals surface area (Å²) in [5, 5.41) is 0. The maximum absolute atomic E-state index is 11.9. The smallest absolute Gasteiger partial charge is 0.172 e. The van der Waals surface area contributed by atoms with Crippen LogP contribution in [-0.2, 0) is 11.0 Å². The van der Waals surface area contributed by atoms with E-state index in [1.54, 1.807) is 6.21 Å². The highest BCUT2D eigenvalue weighted by atomic mass is 32.2. The van der Waals surface area contributed by atoms with Gasteiger partial charge >= 0.3 is 0 Å². The Kier molecular flexibility index (Phi) is 6.09. The molecule has 0 fully saturated rings. The van der Waals surface area contributed by atoms with Gasteiger partial charge in [-0.15, -0.1) is 0 Å². The normalized spacial score (nSPS) is 14.0. The fraction of sp³-hybridized carbons (Fsp3) is 0.500. The number of rotatable bonds is 6. The highest BCUT2D eigenvalue weighted by molar-refractivity contribution is 8.00. The Labute approximate surface area is 117 Å². The number of benzene rings is 1. The molecule has 0 aromatic heterocycles. The molecule has 0 aliphatic heterocycles. The summed E-state index contributed by atoms with van der Waals surface area (Å²) < 4.78 is 16.2. The Morgan fingerprint density at radius 1 is 1.33 bits per heavy atom. The molecule has 1 unspecified atom stereocenters. The average Bonchev–Trinajstić information content (AvgIpc) is 2.29. The monoisotopic (exact) mass is 283 g/mol. The Bertz CT molecular complexity index is 424. The summed E-state index contributed by atoms with van der Waals surface area (Å²) in [5.74, 6) is 1.09. The zero-order valence-corrected chi connectivity index (χ0v) is 13.1. The molecule has 0 radical (unpaired) electrons. The van der Waals surface area contributed by atoms with Gasteiger partial charge in [-0.2, -0.15) is 16.2 Å². The van der Waals surface area contributed by atoms with Gasteiger partial charge in [-0.1, -0.05) is 38.5 Å². The minimum atomic E-state index is -1.27. The van der Waals surface area contributed by atoms with Gasteiger partial charge < -0.3 is 0 Å². The van der Waals surface area contributed by atoms with Gasteiger partial charge in [0.2, 0.25) is 0 Å². The van der Waals surface area contributed by atoms with Crippen LogP contribution in [0.15, 0.2) is 33.6 Å². The van der Waals surface area contributed by atoms with Gasteiger partial charge in [0.1, 0.15) is 0 Å². The molecule has 1 aromatic rings. The Morgan fingerprint density at radius 2 is 1.94 bits per heavy atom. The molecule has 2 nitrogen and oxygen atoms in total. The predicted molar refractivity (Wildman–Crippen MR) is 82.9 cm³/mol. The molecule has 1 aromatic carbocycles. The molecule has 0 N–H and O–H groups in total. The van der Waals surface area contributed by atoms with Gasteiger partial charge in [0, 0.05) is 11.0 Å². The van der Waals surface area contributed by atoms with E-state index in [9.17, 15) is 4.21 Å². The molecule has 0 saturated carbocycles. The van der Waals surface area contributed by atoms with Crippen molar-refractivity contribution >= 4 is 29.0 Å². The largest absolute Gasteiger partial charge is 0.230 e. The molecule has 0 spiro atoms. The van der Waals surface area contributed by atoms with Crippen molar-refractivity contribution < 1.29 is 4.21 Å². The Hall–Kier alpha value is -0.610. The lowest BCUT2D eigenvalue weighted by Crippen LogP contribution is -2.15. The van der Waals surface area contributed by atoms with Crippen LogP contribution < -0.4 is 0 Å². The third kappa shape index (κ3) is 5.36. The van der Waals surface area contributed by atoms with E-state index in [1.807, 2.05) is 43.0 Å². The van der Waals surface area contributed by atoms with Gasteiger partial charge in [0.05, 0.1) is 4.90 Å². The maximum Gasteiger partial charge on any atom is 0.172 e. The third-order valence-electron chi connectivity index (χ3n) is 2.51. The fourth-order valence-corrected chi connectivity index (χ4v) is 3.16. The molecule has 1 rings (SSSR count). The standard InChI is InChI=1S/C14H21NOS2/c1-5-17-14(3,4)10-11-15-18(16)13-8-6-12(2)7-9-13/h6-9,11H,5,10H2,1-4H3. The second-order valence-electron chi connectivity index (χ2n) is 4.75. The lowest BCUT2D eigenvalue weighted by molar-refractivity contribution is 0.684.